The lowest BCUT2D eigenvalue weighted by atomic mass is 9.92. The monoisotopic (exact) mass is 343 g/mol. The van der Waals surface area contributed by atoms with Crippen molar-refractivity contribution < 1.29 is 9.59 Å². The smallest absolute Gasteiger partial charge is 0.222 e. The Balaban J connectivity index is 1.40. The maximum atomic E-state index is 12.4. The topological polar surface area (TPSA) is 66.6 Å². The summed E-state index contributed by atoms with van der Waals surface area (Å²) in [4.78, 5) is 28.6. The van der Waals surface area contributed by atoms with E-state index in [4.69, 9.17) is 5.73 Å². The highest BCUT2D eigenvalue weighted by atomic mass is 16.2. The first-order chi connectivity index (χ1) is 12.1. The van der Waals surface area contributed by atoms with Crippen LogP contribution < -0.4 is 5.73 Å². The summed E-state index contributed by atoms with van der Waals surface area (Å²) in [6.45, 7) is 3.42. The van der Waals surface area contributed by atoms with Crippen LogP contribution in [0.1, 0.15) is 44.1 Å². The van der Waals surface area contributed by atoms with Crippen molar-refractivity contribution in [1.29, 1.82) is 0 Å². The Morgan fingerprint density at radius 2 is 1.60 bits per heavy atom. The Labute approximate surface area is 150 Å². The molecule has 1 aromatic rings. The lowest BCUT2D eigenvalue weighted by Crippen LogP contribution is -2.40. The number of hydrogen-bond donors (Lipinski definition) is 1. The molecule has 0 atom stereocenters. The molecule has 2 fully saturated rings. The largest absolute Gasteiger partial charge is 0.399 e. The van der Waals surface area contributed by atoms with E-state index < -0.39 is 0 Å². The van der Waals surface area contributed by atoms with Crippen LogP contribution in [-0.4, -0.2) is 47.8 Å². The summed E-state index contributed by atoms with van der Waals surface area (Å²) < 4.78 is 0. The standard InChI is InChI=1S/C20H29N3O2/c21-18-6-2-1-5-17(18)7-8-19(24)23-13-9-16(10-14-23)15-20(25)22-11-3-4-12-22/h1-2,5-6,16H,3-4,7-15,21H2. The highest BCUT2D eigenvalue weighted by Gasteiger charge is 2.26. The van der Waals surface area contributed by atoms with Gasteiger partial charge in [0.05, 0.1) is 0 Å². The fraction of sp³-hybridized carbons (Fsp3) is 0.600. The number of carbonyl (C=O) groups excluding carboxylic acids is 2. The van der Waals surface area contributed by atoms with Gasteiger partial charge >= 0.3 is 0 Å². The number of nitrogens with zero attached hydrogens (tertiary/aromatic N) is 2. The lowest BCUT2D eigenvalue weighted by Gasteiger charge is -2.32. The Morgan fingerprint density at radius 1 is 0.960 bits per heavy atom. The molecule has 2 amide bonds. The van der Waals surface area contributed by atoms with Crippen LogP contribution in [0.15, 0.2) is 24.3 Å². The van der Waals surface area contributed by atoms with E-state index in [1.807, 2.05) is 34.1 Å². The van der Waals surface area contributed by atoms with Gasteiger partial charge in [-0.3, -0.25) is 9.59 Å². The first-order valence-corrected chi connectivity index (χ1v) is 9.52. The van der Waals surface area contributed by atoms with E-state index in [0.29, 0.717) is 31.1 Å². The van der Waals surface area contributed by atoms with E-state index >= 15 is 0 Å². The third-order valence-electron chi connectivity index (χ3n) is 5.55. The maximum absolute atomic E-state index is 12.4. The second kappa shape index (κ2) is 8.37. The van der Waals surface area contributed by atoms with Gasteiger partial charge in [-0.2, -0.15) is 0 Å². The number of benzene rings is 1. The molecule has 0 unspecified atom stereocenters. The van der Waals surface area contributed by atoms with Gasteiger partial charge < -0.3 is 15.5 Å². The van der Waals surface area contributed by atoms with Crippen molar-refractivity contribution in [3.63, 3.8) is 0 Å². The molecule has 0 aromatic heterocycles. The van der Waals surface area contributed by atoms with Crippen LogP contribution in [0.4, 0.5) is 5.69 Å². The first-order valence-electron chi connectivity index (χ1n) is 9.52. The summed E-state index contributed by atoms with van der Waals surface area (Å²) in [5.74, 6) is 0.941. The van der Waals surface area contributed by atoms with Crippen molar-refractivity contribution >= 4 is 17.5 Å². The van der Waals surface area contributed by atoms with Crippen molar-refractivity contribution in [1.82, 2.24) is 9.80 Å². The maximum Gasteiger partial charge on any atom is 0.222 e. The summed E-state index contributed by atoms with van der Waals surface area (Å²) in [5, 5.41) is 0. The van der Waals surface area contributed by atoms with E-state index in [9.17, 15) is 9.59 Å². The highest BCUT2D eigenvalue weighted by molar-refractivity contribution is 5.77. The number of likely N-dealkylation sites (tertiary alicyclic amines) is 2. The Kier molecular flexibility index (Phi) is 5.95. The van der Waals surface area contributed by atoms with Crippen LogP contribution in [-0.2, 0) is 16.0 Å². The van der Waals surface area contributed by atoms with Gasteiger partial charge in [0, 0.05) is 44.7 Å². The number of nitrogen functional groups attached to an aromatic ring is 1. The Morgan fingerprint density at radius 3 is 2.28 bits per heavy atom. The van der Waals surface area contributed by atoms with Gasteiger partial charge in [-0.05, 0) is 49.7 Å². The number of anilines is 1. The number of piperidine rings is 1. The molecule has 0 saturated carbocycles. The van der Waals surface area contributed by atoms with E-state index in [-0.39, 0.29) is 5.91 Å². The van der Waals surface area contributed by atoms with E-state index in [0.717, 1.165) is 63.1 Å². The predicted octanol–water partition coefficient (Wildman–Crippen LogP) is 2.45. The van der Waals surface area contributed by atoms with Crippen molar-refractivity contribution in [3.05, 3.63) is 29.8 Å². The minimum absolute atomic E-state index is 0.201. The fourth-order valence-corrected chi connectivity index (χ4v) is 3.89. The Hall–Kier alpha value is -2.04. The molecule has 0 radical (unpaired) electrons. The van der Waals surface area contributed by atoms with Crippen LogP contribution in [0, 0.1) is 5.92 Å². The van der Waals surface area contributed by atoms with E-state index in [2.05, 4.69) is 0 Å². The summed E-state index contributed by atoms with van der Waals surface area (Å²) in [7, 11) is 0. The molecular formula is C20H29N3O2. The molecule has 2 heterocycles. The van der Waals surface area contributed by atoms with Crippen molar-refractivity contribution in [3.8, 4) is 0 Å². The molecule has 3 rings (SSSR count). The zero-order valence-electron chi connectivity index (χ0n) is 15.0. The summed E-state index contributed by atoms with van der Waals surface area (Å²) >= 11 is 0. The minimum atomic E-state index is 0.201. The summed E-state index contributed by atoms with van der Waals surface area (Å²) in [6, 6.07) is 7.73. The third-order valence-corrected chi connectivity index (χ3v) is 5.55. The molecule has 2 aliphatic heterocycles. The van der Waals surface area contributed by atoms with Gasteiger partial charge in [0.1, 0.15) is 0 Å². The fourth-order valence-electron chi connectivity index (χ4n) is 3.89. The molecule has 0 spiro atoms. The molecule has 0 aliphatic carbocycles. The second-order valence-corrected chi connectivity index (χ2v) is 7.31. The summed E-state index contributed by atoms with van der Waals surface area (Å²) in [5.41, 5.74) is 7.74. The molecule has 136 valence electrons. The predicted molar refractivity (Wildman–Crippen MR) is 98.9 cm³/mol. The van der Waals surface area contributed by atoms with Gasteiger partial charge in [-0.15, -0.1) is 0 Å². The SMILES string of the molecule is Nc1ccccc1CCC(=O)N1CCC(CC(=O)N2CCCC2)CC1. The van der Waals surface area contributed by atoms with Crippen LogP contribution in [0.25, 0.3) is 0 Å². The van der Waals surface area contributed by atoms with Gasteiger partial charge in [0.2, 0.25) is 11.8 Å². The number of nitrogens with two attached hydrogens (primary N) is 1. The molecular weight excluding hydrogens is 314 g/mol. The van der Waals surface area contributed by atoms with E-state index in [1.165, 1.54) is 0 Å². The van der Waals surface area contributed by atoms with Gasteiger partial charge in [-0.25, -0.2) is 0 Å². The van der Waals surface area contributed by atoms with Gasteiger partial charge in [0.15, 0.2) is 0 Å². The minimum Gasteiger partial charge on any atom is -0.399 e. The van der Waals surface area contributed by atoms with E-state index in [1.54, 1.807) is 0 Å². The zero-order chi connectivity index (χ0) is 17.6. The molecule has 2 N–H and O–H groups in total. The zero-order valence-corrected chi connectivity index (χ0v) is 15.0. The number of amides is 2. The average Bonchev–Trinajstić information content (AvgIpc) is 3.16. The van der Waals surface area contributed by atoms with Crippen LogP contribution in [0.5, 0.6) is 0 Å². The molecule has 5 heteroatoms. The van der Waals surface area contributed by atoms with Crippen LogP contribution >= 0.6 is 0 Å². The number of hydrogen-bond acceptors (Lipinski definition) is 3. The molecule has 1 aromatic carbocycles. The van der Waals surface area contributed by atoms with Gasteiger partial charge in [-0.1, -0.05) is 18.2 Å². The first kappa shape index (κ1) is 17.8. The van der Waals surface area contributed by atoms with Crippen molar-refractivity contribution in [2.24, 2.45) is 5.92 Å². The number of para-hydroxylation sites is 1. The highest BCUT2D eigenvalue weighted by Crippen LogP contribution is 2.23. The Bertz CT molecular complexity index is 603. The number of rotatable bonds is 5. The average molecular weight is 343 g/mol. The quantitative estimate of drug-likeness (QED) is 0.835. The van der Waals surface area contributed by atoms with Crippen LogP contribution in [0.3, 0.4) is 0 Å². The van der Waals surface area contributed by atoms with Crippen LogP contribution in [0.2, 0.25) is 0 Å². The summed E-state index contributed by atoms with van der Waals surface area (Å²) in [6.07, 6.45) is 6.03. The number of carbonyl (C=O) groups is 2. The molecule has 25 heavy (non-hydrogen) atoms. The molecule has 5 nitrogen and oxygen atoms in total. The third kappa shape index (κ3) is 4.74. The molecule has 2 saturated heterocycles. The number of aryl methyl sites for hydroxylation is 1. The molecule has 0 bridgehead atoms. The molecule has 2 aliphatic rings. The van der Waals surface area contributed by atoms with Crippen molar-refractivity contribution in [2.45, 2.75) is 44.9 Å². The van der Waals surface area contributed by atoms with Gasteiger partial charge in [0.25, 0.3) is 0 Å². The van der Waals surface area contributed by atoms with Crippen molar-refractivity contribution in [2.75, 3.05) is 31.9 Å². The lowest BCUT2D eigenvalue weighted by molar-refractivity contribution is -0.133. The second-order valence-electron chi connectivity index (χ2n) is 7.31. The normalized spacial score (nSPS) is 18.6.